The number of ether oxygens (including phenoxy) is 1. The molecule has 0 atom stereocenters. The Kier molecular flexibility index (Phi) is 6.96. The van der Waals surface area contributed by atoms with E-state index in [4.69, 9.17) is 16.3 Å². The van der Waals surface area contributed by atoms with Crippen molar-refractivity contribution in [1.29, 1.82) is 0 Å². The second-order valence-corrected chi connectivity index (χ2v) is 7.19. The van der Waals surface area contributed by atoms with Gasteiger partial charge in [-0.15, -0.1) is 11.3 Å². The molecule has 4 nitrogen and oxygen atoms in total. The fourth-order valence-electron chi connectivity index (χ4n) is 2.58. The van der Waals surface area contributed by atoms with E-state index in [1.165, 1.54) is 4.88 Å². The van der Waals surface area contributed by atoms with Gasteiger partial charge in [-0.1, -0.05) is 11.6 Å². The van der Waals surface area contributed by atoms with Crippen molar-refractivity contribution in [3.05, 3.63) is 21.3 Å². The molecule has 1 N–H and O–H groups in total. The molecule has 0 aliphatic carbocycles. The van der Waals surface area contributed by atoms with Crippen LogP contribution in [0.1, 0.15) is 24.1 Å². The smallest absolute Gasteiger partial charge is 0.223 e. The molecule has 118 valence electrons. The quantitative estimate of drug-likeness (QED) is 0.782. The molecule has 1 fully saturated rings. The number of likely N-dealkylation sites (tertiary alicyclic amines) is 1. The summed E-state index contributed by atoms with van der Waals surface area (Å²) in [6.45, 7) is 4.31. The highest BCUT2D eigenvalue weighted by atomic mass is 35.5. The molecular formula is C15H23ClN2O2S. The van der Waals surface area contributed by atoms with Crippen LogP contribution in [0.5, 0.6) is 0 Å². The Morgan fingerprint density at radius 3 is 2.86 bits per heavy atom. The fraction of sp³-hybridized carbons (Fsp3) is 0.667. The molecule has 1 aromatic rings. The largest absolute Gasteiger partial charge is 0.385 e. The molecule has 6 heteroatoms. The molecule has 0 bridgehead atoms. The van der Waals surface area contributed by atoms with Crippen LogP contribution in [-0.4, -0.2) is 44.2 Å². The molecule has 0 unspecified atom stereocenters. The van der Waals surface area contributed by atoms with Crippen LogP contribution < -0.4 is 5.32 Å². The minimum absolute atomic E-state index is 0.163. The van der Waals surface area contributed by atoms with Gasteiger partial charge in [0.15, 0.2) is 0 Å². The third-order valence-electron chi connectivity index (χ3n) is 3.79. The molecule has 1 saturated heterocycles. The van der Waals surface area contributed by atoms with Crippen LogP contribution in [0.4, 0.5) is 0 Å². The highest BCUT2D eigenvalue weighted by Gasteiger charge is 2.24. The van der Waals surface area contributed by atoms with Gasteiger partial charge in [-0.05, 0) is 44.5 Å². The van der Waals surface area contributed by atoms with Crippen molar-refractivity contribution >= 4 is 28.8 Å². The maximum Gasteiger partial charge on any atom is 0.223 e. The molecule has 0 saturated carbocycles. The van der Waals surface area contributed by atoms with Crippen LogP contribution in [0, 0.1) is 5.92 Å². The number of nitrogens with zero attached hydrogens (tertiary/aromatic N) is 1. The summed E-state index contributed by atoms with van der Waals surface area (Å²) >= 11 is 7.59. The molecule has 1 aliphatic rings. The van der Waals surface area contributed by atoms with Crippen LogP contribution in [0.2, 0.25) is 4.34 Å². The Balaban J connectivity index is 1.66. The summed E-state index contributed by atoms with van der Waals surface area (Å²) in [4.78, 5) is 15.7. The summed E-state index contributed by atoms with van der Waals surface area (Å²) in [5.41, 5.74) is 0. The van der Waals surface area contributed by atoms with Crippen LogP contribution in [0.15, 0.2) is 12.1 Å². The number of thiophene rings is 1. The van der Waals surface area contributed by atoms with Crippen molar-refractivity contribution in [1.82, 2.24) is 10.2 Å². The molecule has 0 radical (unpaired) electrons. The minimum Gasteiger partial charge on any atom is -0.385 e. The Labute approximate surface area is 135 Å². The summed E-state index contributed by atoms with van der Waals surface area (Å²) in [7, 11) is 1.68. The molecule has 1 aromatic heterocycles. The second kappa shape index (κ2) is 8.73. The van der Waals surface area contributed by atoms with Crippen LogP contribution in [-0.2, 0) is 16.1 Å². The van der Waals surface area contributed by atoms with E-state index in [1.54, 1.807) is 18.4 Å². The van der Waals surface area contributed by atoms with Gasteiger partial charge in [0.25, 0.3) is 0 Å². The van der Waals surface area contributed by atoms with Gasteiger partial charge in [0.1, 0.15) is 0 Å². The zero-order valence-electron chi connectivity index (χ0n) is 12.4. The number of hydrogen-bond donors (Lipinski definition) is 1. The number of nitrogens with one attached hydrogen (secondary N) is 1. The SMILES string of the molecule is COCCCNC(=O)C1CCN(Cc2ccc(Cl)s2)CC1. The van der Waals surface area contributed by atoms with Gasteiger partial charge in [0, 0.05) is 37.6 Å². The van der Waals surface area contributed by atoms with Crippen molar-refractivity contribution in [2.45, 2.75) is 25.8 Å². The first-order chi connectivity index (χ1) is 10.2. The standard InChI is InChI=1S/C15H23ClN2O2S/c1-20-10-2-7-17-15(19)12-5-8-18(9-6-12)11-13-3-4-14(16)21-13/h3-4,12H,2,5-11H2,1H3,(H,17,19). The Morgan fingerprint density at radius 2 is 2.24 bits per heavy atom. The van der Waals surface area contributed by atoms with Crippen molar-refractivity contribution in [2.24, 2.45) is 5.92 Å². The lowest BCUT2D eigenvalue weighted by Crippen LogP contribution is -2.40. The van der Waals surface area contributed by atoms with Crippen molar-refractivity contribution in [3.63, 3.8) is 0 Å². The van der Waals surface area contributed by atoms with Gasteiger partial charge >= 0.3 is 0 Å². The van der Waals surface area contributed by atoms with E-state index in [-0.39, 0.29) is 11.8 Å². The van der Waals surface area contributed by atoms with E-state index in [2.05, 4.69) is 16.3 Å². The number of carbonyl (C=O) groups excluding carboxylic acids is 1. The normalized spacial score (nSPS) is 17.0. The summed E-state index contributed by atoms with van der Waals surface area (Å²) in [6.07, 6.45) is 2.75. The first-order valence-corrected chi connectivity index (χ1v) is 8.61. The Bertz CT molecular complexity index is 445. The van der Waals surface area contributed by atoms with Gasteiger partial charge in [0.05, 0.1) is 4.34 Å². The summed E-state index contributed by atoms with van der Waals surface area (Å²) in [5.74, 6) is 0.362. The number of rotatable bonds is 7. The molecular weight excluding hydrogens is 308 g/mol. The third kappa shape index (κ3) is 5.58. The minimum atomic E-state index is 0.163. The van der Waals surface area contributed by atoms with Crippen molar-refractivity contribution in [3.8, 4) is 0 Å². The zero-order chi connectivity index (χ0) is 15.1. The molecule has 2 rings (SSSR count). The topological polar surface area (TPSA) is 41.6 Å². The number of hydrogen-bond acceptors (Lipinski definition) is 4. The van der Waals surface area contributed by atoms with Gasteiger partial charge in [0.2, 0.25) is 5.91 Å². The van der Waals surface area contributed by atoms with E-state index in [0.29, 0.717) is 13.2 Å². The lowest BCUT2D eigenvalue weighted by molar-refractivity contribution is -0.126. The van der Waals surface area contributed by atoms with Crippen LogP contribution >= 0.6 is 22.9 Å². The summed E-state index contributed by atoms with van der Waals surface area (Å²) in [5, 5.41) is 3.00. The van der Waals surface area contributed by atoms with E-state index in [0.717, 1.165) is 43.2 Å². The maximum absolute atomic E-state index is 12.0. The van der Waals surface area contributed by atoms with Gasteiger partial charge in [-0.3, -0.25) is 9.69 Å². The van der Waals surface area contributed by atoms with Gasteiger partial charge in [-0.25, -0.2) is 0 Å². The lowest BCUT2D eigenvalue weighted by Gasteiger charge is -2.30. The molecule has 0 aromatic carbocycles. The van der Waals surface area contributed by atoms with Gasteiger partial charge in [-0.2, -0.15) is 0 Å². The zero-order valence-corrected chi connectivity index (χ0v) is 14.0. The van der Waals surface area contributed by atoms with Crippen molar-refractivity contribution in [2.75, 3.05) is 33.4 Å². The average Bonchev–Trinajstić information content (AvgIpc) is 2.89. The lowest BCUT2D eigenvalue weighted by atomic mass is 9.96. The fourth-order valence-corrected chi connectivity index (χ4v) is 3.71. The molecule has 0 spiro atoms. The Hall–Kier alpha value is -0.620. The number of methoxy groups -OCH3 is 1. The van der Waals surface area contributed by atoms with E-state index in [9.17, 15) is 4.79 Å². The molecule has 2 heterocycles. The third-order valence-corrected chi connectivity index (χ3v) is 5.01. The highest BCUT2D eigenvalue weighted by Crippen LogP contribution is 2.25. The number of carbonyl (C=O) groups is 1. The predicted molar refractivity (Wildman–Crippen MR) is 86.8 cm³/mol. The first-order valence-electron chi connectivity index (χ1n) is 7.42. The number of halogens is 1. The molecule has 21 heavy (non-hydrogen) atoms. The van der Waals surface area contributed by atoms with E-state index < -0.39 is 0 Å². The monoisotopic (exact) mass is 330 g/mol. The van der Waals surface area contributed by atoms with E-state index in [1.807, 2.05) is 6.07 Å². The Morgan fingerprint density at radius 1 is 1.48 bits per heavy atom. The van der Waals surface area contributed by atoms with Gasteiger partial charge < -0.3 is 10.1 Å². The summed E-state index contributed by atoms with van der Waals surface area (Å²) < 4.78 is 5.82. The van der Waals surface area contributed by atoms with Crippen LogP contribution in [0.25, 0.3) is 0 Å². The maximum atomic E-state index is 12.0. The number of piperidine rings is 1. The first kappa shape index (κ1) is 16.7. The summed E-state index contributed by atoms with van der Waals surface area (Å²) in [6, 6.07) is 4.03. The highest BCUT2D eigenvalue weighted by molar-refractivity contribution is 7.16. The second-order valence-electron chi connectivity index (χ2n) is 5.39. The van der Waals surface area contributed by atoms with Crippen molar-refractivity contribution < 1.29 is 9.53 Å². The number of amides is 1. The van der Waals surface area contributed by atoms with E-state index >= 15 is 0 Å². The molecule has 1 amide bonds. The predicted octanol–water partition coefficient (Wildman–Crippen LogP) is 2.77. The average molecular weight is 331 g/mol. The molecule has 1 aliphatic heterocycles. The van der Waals surface area contributed by atoms with Crippen LogP contribution in [0.3, 0.4) is 0 Å².